The molecule has 1 aliphatic rings. The monoisotopic (exact) mass is 233 g/mol. The van der Waals surface area contributed by atoms with Crippen molar-refractivity contribution in [1.29, 1.82) is 0 Å². The van der Waals surface area contributed by atoms with Gasteiger partial charge in [0.1, 0.15) is 5.82 Å². The minimum Gasteiger partial charge on any atom is -0.353 e. The highest BCUT2D eigenvalue weighted by molar-refractivity contribution is 5.44. The molecule has 1 unspecified atom stereocenters. The largest absolute Gasteiger partial charge is 0.353 e. The van der Waals surface area contributed by atoms with Crippen LogP contribution in [0.5, 0.6) is 0 Å². The van der Waals surface area contributed by atoms with Gasteiger partial charge in [-0.2, -0.15) is 0 Å². The topological polar surface area (TPSA) is 42.2 Å². The highest BCUT2D eigenvalue weighted by Crippen LogP contribution is 2.28. The van der Waals surface area contributed by atoms with Gasteiger partial charge in [-0.05, 0) is 37.3 Å². The van der Waals surface area contributed by atoms with E-state index >= 15 is 0 Å². The smallest absolute Gasteiger partial charge is 0.129 e. The second-order valence-corrected chi connectivity index (χ2v) is 5.27. The van der Waals surface area contributed by atoms with Crippen LogP contribution in [0, 0.1) is 12.8 Å². The first-order chi connectivity index (χ1) is 8.13. The predicted octanol–water partition coefficient (Wildman–Crippen LogP) is 2.47. The SMILES string of the molecule is Cc1nc(N2CCCC2C(C)C)ccc1CN. The van der Waals surface area contributed by atoms with E-state index in [0.29, 0.717) is 18.5 Å². The third kappa shape index (κ3) is 2.44. The lowest BCUT2D eigenvalue weighted by atomic mass is 10.0. The van der Waals surface area contributed by atoms with Gasteiger partial charge in [0, 0.05) is 24.8 Å². The highest BCUT2D eigenvalue weighted by Gasteiger charge is 2.28. The number of aryl methyl sites for hydroxylation is 1. The fourth-order valence-corrected chi connectivity index (χ4v) is 2.72. The van der Waals surface area contributed by atoms with Crippen LogP contribution < -0.4 is 10.6 Å². The Hall–Kier alpha value is -1.09. The van der Waals surface area contributed by atoms with Crippen molar-refractivity contribution in [2.45, 2.75) is 46.2 Å². The molecule has 0 aliphatic carbocycles. The van der Waals surface area contributed by atoms with Gasteiger partial charge in [-0.15, -0.1) is 0 Å². The van der Waals surface area contributed by atoms with E-state index in [1.165, 1.54) is 12.8 Å². The number of nitrogens with zero attached hydrogens (tertiary/aromatic N) is 2. The van der Waals surface area contributed by atoms with Crippen molar-refractivity contribution in [3.63, 3.8) is 0 Å². The normalized spacial score (nSPS) is 20.3. The van der Waals surface area contributed by atoms with Crippen LogP contribution >= 0.6 is 0 Å². The molecule has 2 N–H and O–H groups in total. The molecule has 0 radical (unpaired) electrons. The molecule has 1 aliphatic heterocycles. The quantitative estimate of drug-likeness (QED) is 0.872. The average Bonchev–Trinajstić information content (AvgIpc) is 2.77. The Bertz CT molecular complexity index is 387. The fraction of sp³-hybridized carbons (Fsp3) is 0.643. The number of hydrogen-bond acceptors (Lipinski definition) is 3. The summed E-state index contributed by atoms with van der Waals surface area (Å²) in [6.07, 6.45) is 2.57. The molecule has 0 saturated carbocycles. The number of rotatable bonds is 3. The average molecular weight is 233 g/mol. The van der Waals surface area contributed by atoms with E-state index in [-0.39, 0.29) is 0 Å². The molecular weight excluding hydrogens is 210 g/mol. The predicted molar refractivity (Wildman–Crippen MR) is 72.1 cm³/mol. The van der Waals surface area contributed by atoms with Gasteiger partial charge in [0.2, 0.25) is 0 Å². The standard InChI is InChI=1S/C14H23N3/c1-10(2)13-5-4-8-17(13)14-7-6-12(9-15)11(3)16-14/h6-7,10,13H,4-5,8-9,15H2,1-3H3. The van der Waals surface area contributed by atoms with E-state index in [4.69, 9.17) is 10.7 Å². The maximum atomic E-state index is 5.68. The van der Waals surface area contributed by atoms with E-state index < -0.39 is 0 Å². The van der Waals surface area contributed by atoms with Gasteiger partial charge in [-0.25, -0.2) is 4.98 Å². The Balaban J connectivity index is 2.24. The summed E-state index contributed by atoms with van der Waals surface area (Å²) in [4.78, 5) is 7.16. The molecule has 1 atom stereocenters. The van der Waals surface area contributed by atoms with E-state index in [0.717, 1.165) is 23.6 Å². The Labute approximate surface area is 104 Å². The number of anilines is 1. The van der Waals surface area contributed by atoms with Crippen molar-refractivity contribution in [2.24, 2.45) is 11.7 Å². The second kappa shape index (κ2) is 5.05. The first-order valence-electron chi connectivity index (χ1n) is 6.56. The number of pyridine rings is 1. The Morgan fingerprint density at radius 1 is 1.47 bits per heavy atom. The van der Waals surface area contributed by atoms with Crippen molar-refractivity contribution < 1.29 is 0 Å². The zero-order chi connectivity index (χ0) is 12.4. The zero-order valence-electron chi connectivity index (χ0n) is 11.1. The second-order valence-electron chi connectivity index (χ2n) is 5.27. The summed E-state index contributed by atoms with van der Waals surface area (Å²) < 4.78 is 0. The van der Waals surface area contributed by atoms with Gasteiger partial charge in [-0.3, -0.25) is 0 Å². The van der Waals surface area contributed by atoms with Crippen molar-refractivity contribution in [2.75, 3.05) is 11.4 Å². The molecule has 0 aromatic carbocycles. The van der Waals surface area contributed by atoms with Crippen molar-refractivity contribution >= 4 is 5.82 Å². The molecule has 2 heterocycles. The molecule has 0 spiro atoms. The summed E-state index contributed by atoms with van der Waals surface area (Å²) in [5.74, 6) is 1.81. The molecule has 3 heteroatoms. The lowest BCUT2D eigenvalue weighted by molar-refractivity contribution is 0.489. The van der Waals surface area contributed by atoms with E-state index in [1.54, 1.807) is 0 Å². The molecule has 0 amide bonds. The molecule has 1 aromatic rings. The van der Waals surface area contributed by atoms with Gasteiger partial charge in [0.15, 0.2) is 0 Å². The van der Waals surface area contributed by atoms with Crippen LogP contribution in [0.4, 0.5) is 5.82 Å². The summed E-state index contributed by atoms with van der Waals surface area (Å²) in [5, 5.41) is 0. The Kier molecular flexibility index (Phi) is 3.67. The number of nitrogens with two attached hydrogens (primary N) is 1. The van der Waals surface area contributed by atoms with Crippen LogP contribution in [0.1, 0.15) is 37.9 Å². The van der Waals surface area contributed by atoms with Gasteiger partial charge in [0.25, 0.3) is 0 Å². The third-order valence-corrected chi connectivity index (χ3v) is 3.76. The van der Waals surface area contributed by atoms with Crippen LogP contribution in [0.2, 0.25) is 0 Å². The molecule has 0 bridgehead atoms. The van der Waals surface area contributed by atoms with Crippen molar-refractivity contribution in [1.82, 2.24) is 4.98 Å². The minimum atomic E-state index is 0.576. The summed E-state index contributed by atoms with van der Waals surface area (Å²) in [6, 6.07) is 4.88. The van der Waals surface area contributed by atoms with Crippen LogP contribution in [-0.4, -0.2) is 17.6 Å². The third-order valence-electron chi connectivity index (χ3n) is 3.76. The lowest BCUT2D eigenvalue weighted by Gasteiger charge is -2.29. The van der Waals surface area contributed by atoms with E-state index in [2.05, 4.69) is 30.9 Å². The van der Waals surface area contributed by atoms with Crippen molar-refractivity contribution in [3.05, 3.63) is 23.4 Å². The van der Waals surface area contributed by atoms with Crippen LogP contribution in [0.15, 0.2) is 12.1 Å². The molecule has 94 valence electrons. The first-order valence-corrected chi connectivity index (χ1v) is 6.56. The zero-order valence-corrected chi connectivity index (χ0v) is 11.1. The number of aromatic nitrogens is 1. The van der Waals surface area contributed by atoms with E-state index in [9.17, 15) is 0 Å². The summed E-state index contributed by atoms with van der Waals surface area (Å²) in [5.41, 5.74) is 7.89. The summed E-state index contributed by atoms with van der Waals surface area (Å²) >= 11 is 0. The maximum Gasteiger partial charge on any atom is 0.129 e. The molecule has 1 fully saturated rings. The Morgan fingerprint density at radius 3 is 2.82 bits per heavy atom. The number of hydrogen-bond donors (Lipinski definition) is 1. The highest BCUT2D eigenvalue weighted by atomic mass is 15.2. The Morgan fingerprint density at radius 2 is 2.24 bits per heavy atom. The van der Waals surface area contributed by atoms with E-state index in [1.807, 2.05) is 6.92 Å². The van der Waals surface area contributed by atoms with Crippen LogP contribution in [-0.2, 0) is 6.54 Å². The van der Waals surface area contributed by atoms with Gasteiger partial charge >= 0.3 is 0 Å². The molecular formula is C14H23N3. The molecule has 1 saturated heterocycles. The molecule has 3 nitrogen and oxygen atoms in total. The van der Waals surface area contributed by atoms with Crippen LogP contribution in [0.3, 0.4) is 0 Å². The minimum absolute atomic E-state index is 0.576. The van der Waals surface area contributed by atoms with Crippen LogP contribution in [0.25, 0.3) is 0 Å². The fourth-order valence-electron chi connectivity index (χ4n) is 2.72. The first kappa shape index (κ1) is 12.4. The molecule has 2 rings (SSSR count). The maximum absolute atomic E-state index is 5.68. The molecule has 17 heavy (non-hydrogen) atoms. The van der Waals surface area contributed by atoms with Crippen molar-refractivity contribution in [3.8, 4) is 0 Å². The summed E-state index contributed by atoms with van der Waals surface area (Å²) in [6.45, 7) is 8.35. The summed E-state index contributed by atoms with van der Waals surface area (Å²) in [7, 11) is 0. The molecule has 1 aromatic heterocycles. The van der Waals surface area contributed by atoms with Gasteiger partial charge in [-0.1, -0.05) is 19.9 Å². The van der Waals surface area contributed by atoms with Gasteiger partial charge in [0.05, 0.1) is 0 Å². The lowest BCUT2D eigenvalue weighted by Crippen LogP contribution is -2.34. The van der Waals surface area contributed by atoms with Gasteiger partial charge < -0.3 is 10.6 Å².